The highest BCUT2D eigenvalue weighted by atomic mass is 79.9. The van der Waals surface area contributed by atoms with Crippen molar-refractivity contribution in [3.63, 3.8) is 0 Å². The zero-order valence-electron chi connectivity index (χ0n) is 9.57. The number of methoxy groups -OCH3 is 2. The second-order valence-corrected chi connectivity index (χ2v) is 5.24. The fourth-order valence-corrected chi connectivity index (χ4v) is 2.22. The summed E-state index contributed by atoms with van der Waals surface area (Å²) in [5, 5.41) is 0. The maximum absolute atomic E-state index is 11.7. The molecule has 0 spiro atoms. The van der Waals surface area contributed by atoms with E-state index in [1.807, 2.05) is 30.3 Å². The van der Waals surface area contributed by atoms with Gasteiger partial charge in [0.15, 0.2) is 4.32 Å². The lowest BCUT2D eigenvalue weighted by atomic mass is 9.97. The zero-order valence-corrected chi connectivity index (χ0v) is 11.2. The van der Waals surface area contributed by atoms with E-state index in [1.54, 1.807) is 14.0 Å². The Morgan fingerprint density at radius 3 is 2.31 bits per heavy atom. The Morgan fingerprint density at radius 2 is 1.88 bits per heavy atom. The predicted molar refractivity (Wildman–Crippen MR) is 65.5 cm³/mol. The van der Waals surface area contributed by atoms with Gasteiger partial charge in [0, 0.05) is 7.11 Å². The number of esters is 1. The average Bonchev–Trinajstić information content (AvgIpc) is 2.30. The Balaban J connectivity index is 3.03. The molecule has 0 N–H and O–H groups in total. The van der Waals surface area contributed by atoms with Crippen LogP contribution in [0.2, 0.25) is 0 Å². The van der Waals surface area contributed by atoms with E-state index >= 15 is 0 Å². The summed E-state index contributed by atoms with van der Waals surface area (Å²) in [6.45, 7) is 1.74. The van der Waals surface area contributed by atoms with Gasteiger partial charge in [0.1, 0.15) is 6.10 Å². The van der Waals surface area contributed by atoms with E-state index in [0.29, 0.717) is 0 Å². The molecule has 0 aliphatic carbocycles. The van der Waals surface area contributed by atoms with Gasteiger partial charge >= 0.3 is 5.97 Å². The van der Waals surface area contributed by atoms with Crippen molar-refractivity contribution in [1.29, 1.82) is 0 Å². The van der Waals surface area contributed by atoms with Gasteiger partial charge in [-0.05, 0) is 12.5 Å². The lowest BCUT2D eigenvalue weighted by molar-refractivity contribution is -0.146. The van der Waals surface area contributed by atoms with Gasteiger partial charge in [-0.1, -0.05) is 46.3 Å². The van der Waals surface area contributed by atoms with Crippen molar-refractivity contribution >= 4 is 21.9 Å². The minimum absolute atomic E-state index is 0.358. The molecule has 0 aliphatic heterocycles. The maximum atomic E-state index is 11.7. The summed E-state index contributed by atoms with van der Waals surface area (Å²) in [6.07, 6.45) is -0.388. The molecule has 0 amide bonds. The molecule has 4 heteroatoms. The number of hydrogen-bond donors (Lipinski definition) is 0. The van der Waals surface area contributed by atoms with Gasteiger partial charge < -0.3 is 9.47 Å². The number of rotatable bonds is 4. The molecule has 0 saturated carbocycles. The lowest BCUT2D eigenvalue weighted by Crippen LogP contribution is -2.37. The van der Waals surface area contributed by atoms with E-state index in [-0.39, 0.29) is 12.1 Å². The average molecular weight is 287 g/mol. The van der Waals surface area contributed by atoms with Gasteiger partial charge in [-0.3, -0.25) is 4.79 Å². The summed E-state index contributed by atoms with van der Waals surface area (Å²) >= 11 is 3.37. The molecule has 0 heterocycles. The second-order valence-electron chi connectivity index (χ2n) is 3.59. The molecule has 0 aromatic heterocycles. The molecule has 0 bridgehead atoms. The van der Waals surface area contributed by atoms with E-state index < -0.39 is 4.32 Å². The minimum Gasteiger partial charge on any atom is -0.468 e. The second kappa shape index (κ2) is 5.46. The SMILES string of the molecule is COC(=O)[C@@](C)(Br)[C@H](OC)c1ccccc1. The number of halogens is 1. The Hall–Kier alpha value is -0.870. The summed E-state index contributed by atoms with van der Waals surface area (Å²) in [6, 6.07) is 9.55. The molecule has 2 atom stereocenters. The molecule has 0 saturated heterocycles. The normalized spacial score (nSPS) is 16.2. The number of hydrogen-bond acceptors (Lipinski definition) is 3. The van der Waals surface area contributed by atoms with Crippen molar-refractivity contribution in [2.75, 3.05) is 14.2 Å². The first-order valence-electron chi connectivity index (χ1n) is 4.89. The summed E-state index contributed by atoms with van der Waals surface area (Å²) in [5.41, 5.74) is 0.926. The van der Waals surface area contributed by atoms with Crippen LogP contribution in [-0.4, -0.2) is 24.5 Å². The van der Waals surface area contributed by atoms with Crippen LogP contribution in [0, 0.1) is 0 Å². The maximum Gasteiger partial charge on any atom is 0.325 e. The van der Waals surface area contributed by atoms with E-state index in [4.69, 9.17) is 9.47 Å². The Labute approximate surface area is 104 Å². The summed E-state index contributed by atoms with van der Waals surface area (Å²) in [4.78, 5) is 11.7. The standard InChI is InChI=1S/C12H15BrO3/c1-12(13,11(14)16-3)10(15-2)9-7-5-4-6-8-9/h4-8,10H,1-3H3/t10-,12+/m1/s1. The first-order valence-corrected chi connectivity index (χ1v) is 5.68. The topological polar surface area (TPSA) is 35.5 Å². The van der Waals surface area contributed by atoms with E-state index in [9.17, 15) is 4.79 Å². The molecular weight excluding hydrogens is 272 g/mol. The van der Waals surface area contributed by atoms with Crippen molar-refractivity contribution in [3.05, 3.63) is 35.9 Å². The van der Waals surface area contributed by atoms with Crippen molar-refractivity contribution < 1.29 is 14.3 Å². The van der Waals surface area contributed by atoms with Crippen molar-refractivity contribution in [3.8, 4) is 0 Å². The quantitative estimate of drug-likeness (QED) is 0.631. The highest BCUT2D eigenvalue weighted by Gasteiger charge is 2.41. The summed E-state index contributed by atoms with van der Waals surface area (Å²) in [7, 11) is 2.93. The fraction of sp³-hybridized carbons (Fsp3) is 0.417. The molecule has 3 nitrogen and oxygen atoms in total. The van der Waals surface area contributed by atoms with Crippen LogP contribution in [0.15, 0.2) is 30.3 Å². The Morgan fingerprint density at radius 1 is 1.31 bits per heavy atom. The van der Waals surface area contributed by atoms with E-state index in [1.165, 1.54) is 7.11 Å². The van der Waals surface area contributed by atoms with Gasteiger partial charge in [0.05, 0.1) is 7.11 Å². The van der Waals surface area contributed by atoms with Crippen LogP contribution < -0.4 is 0 Å². The summed E-state index contributed by atoms with van der Waals surface area (Å²) < 4.78 is 9.24. The number of carbonyl (C=O) groups excluding carboxylic acids is 1. The third kappa shape index (κ3) is 2.62. The van der Waals surface area contributed by atoms with Gasteiger partial charge in [0.2, 0.25) is 0 Å². The van der Waals surface area contributed by atoms with E-state index in [0.717, 1.165) is 5.56 Å². The van der Waals surface area contributed by atoms with Crippen LogP contribution in [0.25, 0.3) is 0 Å². The van der Waals surface area contributed by atoms with Crippen LogP contribution >= 0.6 is 15.9 Å². The fourth-order valence-electron chi connectivity index (χ4n) is 1.60. The third-order valence-corrected chi connectivity index (χ3v) is 3.15. The number of alkyl halides is 1. The Bertz CT molecular complexity index is 349. The highest BCUT2D eigenvalue weighted by molar-refractivity contribution is 9.10. The smallest absolute Gasteiger partial charge is 0.325 e. The first-order chi connectivity index (χ1) is 7.54. The van der Waals surface area contributed by atoms with Crippen molar-refractivity contribution in [2.45, 2.75) is 17.4 Å². The highest BCUT2D eigenvalue weighted by Crippen LogP contribution is 2.37. The van der Waals surface area contributed by atoms with Crippen LogP contribution in [0.5, 0.6) is 0 Å². The van der Waals surface area contributed by atoms with Crippen LogP contribution in [0.1, 0.15) is 18.6 Å². The van der Waals surface area contributed by atoms with Gasteiger partial charge in [-0.2, -0.15) is 0 Å². The molecule has 88 valence electrons. The molecule has 1 aromatic rings. The van der Waals surface area contributed by atoms with Crippen LogP contribution in [0.3, 0.4) is 0 Å². The van der Waals surface area contributed by atoms with Crippen molar-refractivity contribution in [2.24, 2.45) is 0 Å². The van der Waals surface area contributed by atoms with Gasteiger partial charge in [-0.15, -0.1) is 0 Å². The molecule has 0 unspecified atom stereocenters. The van der Waals surface area contributed by atoms with Gasteiger partial charge in [-0.25, -0.2) is 0 Å². The number of benzene rings is 1. The molecule has 0 radical (unpaired) electrons. The van der Waals surface area contributed by atoms with Gasteiger partial charge in [0.25, 0.3) is 0 Å². The largest absolute Gasteiger partial charge is 0.468 e. The first kappa shape index (κ1) is 13.2. The van der Waals surface area contributed by atoms with Crippen molar-refractivity contribution in [1.82, 2.24) is 0 Å². The molecule has 1 aromatic carbocycles. The summed E-state index contributed by atoms with van der Waals surface area (Å²) in [5.74, 6) is -0.358. The molecule has 0 aliphatic rings. The minimum atomic E-state index is -0.891. The molecule has 16 heavy (non-hydrogen) atoms. The van der Waals surface area contributed by atoms with Crippen LogP contribution in [-0.2, 0) is 14.3 Å². The molecule has 0 fully saturated rings. The lowest BCUT2D eigenvalue weighted by Gasteiger charge is -2.29. The monoisotopic (exact) mass is 286 g/mol. The number of ether oxygens (including phenoxy) is 2. The number of carbonyl (C=O) groups is 1. The Kier molecular flexibility index (Phi) is 4.50. The predicted octanol–water partition coefficient (Wildman–Crippen LogP) is 2.70. The third-order valence-electron chi connectivity index (χ3n) is 2.41. The molecular formula is C12H15BrO3. The van der Waals surface area contributed by atoms with E-state index in [2.05, 4.69) is 15.9 Å². The van der Waals surface area contributed by atoms with Crippen LogP contribution in [0.4, 0.5) is 0 Å². The zero-order chi connectivity index (χ0) is 12.2. The molecule has 1 rings (SSSR count).